The lowest BCUT2D eigenvalue weighted by Crippen LogP contribution is -2.35. The maximum atomic E-state index is 13.4. The topological polar surface area (TPSA) is 108 Å². The Kier molecular flexibility index (Phi) is 13.1. The number of alkyl halides is 3. The van der Waals surface area contributed by atoms with E-state index in [-0.39, 0.29) is 44.2 Å². The number of nitrogens with two attached hydrogens (primary N) is 1. The molecule has 2 aromatic rings. The predicted molar refractivity (Wildman–Crippen MR) is 174 cm³/mol. The minimum absolute atomic E-state index is 0.0728. The number of piperidine rings is 1. The average molecular weight is 690 g/mol. The van der Waals surface area contributed by atoms with Gasteiger partial charge in [0.15, 0.2) is 6.29 Å². The van der Waals surface area contributed by atoms with Gasteiger partial charge in [-0.2, -0.15) is 8.78 Å². The van der Waals surface area contributed by atoms with Gasteiger partial charge in [0.2, 0.25) is 5.91 Å². The monoisotopic (exact) mass is 688 g/mol. The van der Waals surface area contributed by atoms with E-state index in [1.54, 1.807) is 13.2 Å². The first kappa shape index (κ1) is 35.8. The number of hydrogen-bond donors (Lipinski definition) is 2. The number of carbonyl (C=O) groups excluding carboxylic acids is 2. The van der Waals surface area contributed by atoms with Crippen molar-refractivity contribution in [2.24, 2.45) is 10.7 Å². The molecular formula is C30H33Cl3F2N4O4S. The number of fused-ring (bicyclic) bond motifs is 1. The average Bonchev–Trinajstić information content (AvgIpc) is 3.36. The normalized spacial score (nSPS) is 16.4. The Morgan fingerprint density at radius 3 is 2.45 bits per heavy atom. The molecule has 1 amide bonds. The number of amides is 1. The van der Waals surface area contributed by atoms with Crippen LogP contribution in [-0.4, -0.2) is 61.0 Å². The summed E-state index contributed by atoms with van der Waals surface area (Å²) in [6.45, 7) is 2.85. The van der Waals surface area contributed by atoms with Gasteiger partial charge in [-0.25, -0.2) is 0 Å². The van der Waals surface area contributed by atoms with Crippen molar-refractivity contribution in [1.29, 1.82) is 0 Å². The summed E-state index contributed by atoms with van der Waals surface area (Å²) in [5, 5.41) is 5.87. The fraction of sp³-hybridized carbons (Fsp3) is 0.367. The Hall–Kier alpha value is -2.67. The van der Waals surface area contributed by atoms with Gasteiger partial charge in [-0.1, -0.05) is 41.0 Å². The Labute approximate surface area is 274 Å². The number of anilines is 1. The highest BCUT2D eigenvalue weighted by Gasteiger charge is 2.32. The van der Waals surface area contributed by atoms with Crippen LogP contribution in [0.2, 0.25) is 10.0 Å². The molecule has 0 aromatic heterocycles. The van der Waals surface area contributed by atoms with Crippen molar-refractivity contribution in [2.45, 2.75) is 49.2 Å². The van der Waals surface area contributed by atoms with Gasteiger partial charge < -0.3 is 20.5 Å². The SMILES string of the molecule is CN=C(/C=C(Sc1c(Cl)ccc(CN)c1Cl)\C(C=O)=C\O)C(F)(F)Cl.COc1cc2c(cc1N1CCCCC1=O)CN(C)C2. The largest absolute Gasteiger partial charge is 0.515 e. The summed E-state index contributed by atoms with van der Waals surface area (Å²) in [6, 6.07) is 7.38. The van der Waals surface area contributed by atoms with Crippen LogP contribution in [0.4, 0.5) is 14.5 Å². The first-order valence-corrected chi connectivity index (χ1v) is 15.4. The van der Waals surface area contributed by atoms with E-state index in [1.165, 1.54) is 17.2 Å². The molecule has 1 fully saturated rings. The van der Waals surface area contributed by atoms with Crippen LogP contribution in [0.1, 0.15) is 36.0 Å². The number of aldehydes is 1. The summed E-state index contributed by atoms with van der Waals surface area (Å²) in [6.07, 6.45) is 4.36. The third-order valence-corrected chi connectivity index (χ3v) is 9.27. The number of methoxy groups -OCH3 is 1. The molecule has 4 rings (SSSR count). The molecule has 0 spiro atoms. The highest BCUT2D eigenvalue weighted by molar-refractivity contribution is 8.03. The lowest BCUT2D eigenvalue weighted by molar-refractivity contribution is -0.119. The van der Waals surface area contributed by atoms with Gasteiger partial charge >= 0.3 is 5.38 Å². The molecule has 44 heavy (non-hydrogen) atoms. The van der Waals surface area contributed by atoms with Crippen LogP contribution in [0.3, 0.4) is 0 Å². The van der Waals surface area contributed by atoms with Crippen molar-refractivity contribution in [3.63, 3.8) is 0 Å². The summed E-state index contributed by atoms with van der Waals surface area (Å²) in [4.78, 5) is 31.0. The molecule has 238 valence electrons. The van der Waals surface area contributed by atoms with E-state index in [4.69, 9.17) is 45.3 Å². The number of hydrogen-bond acceptors (Lipinski definition) is 8. The molecule has 0 bridgehead atoms. The molecule has 1 saturated heterocycles. The van der Waals surface area contributed by atoms with E-state index >= 15 is 0 Å². The van der Waals surface area contributed by atoms with E-state index in [2.05, 4.69) is 29.1 Å². The molecule has 0 unspecified atom stereocenters. The molecule has 3 N–H and O–H groups in total. The summed E-state index contributed by atoms with van der Waals surface area (Å²) in [7, 11) is 4.90. The minimum Gasteiger partial charge on any atom is -0.515 e. The fourth-order valence-electron chi connectivity index (χ4n) is 4.68. The summed E-state index contributed by atoms with van der Waals surface area (Å²) in [5.74, 6) is 1.04. The van der Waals surface area contributed by atoms with Crippen molar-refractivity contribution in [3.8, 4) is 5.75 Å². The Morgan fingerprint density at radius 2 is 1.91 bits per heavy atom. The van der Waals surface area contributed by atoms with Gasteiger partial charge in [0.25, 0.3) is 0 Å². The van der Waals surface area contributed by atoms with E-state index in [0.29, 0.717) is 18.2 Å². The highest BCUT2D eigenvalue weighted by atomic mass is 35.5. The summed E-state index contributed by atoms with van der Waals surface area (Å²) >= 11 is 18.1. The summed E-state index contributed by atoms with van der Waals surface area (Å²) < 4.78 is 32.2. The quantitative estimate of drug-likeness (QED) is 0.0549. The van der Waals surface area contributed by atoms with Gasteiger partial charge in [0.1, 0.15) is 11.5 Å². The van der Waals surface area contributed by atoms with Crippen LogP contribution in [-0.2, 0) is 29.2 Å². The molecule has 14 heteroatoms. The molecule has 0 radical (unpaired) electrons. The number of ether oxygens (including phenoxy) is 1. The number of aliphatic hydroxyl groups is 1. The maximum Gasteiger partial charge on any atom is 0.364 e. The molecule has 2 heterocycles. The standard InChI is InChI=1S/C15H13Cl3F2N2O2S.C15H20N2O2/c1-22-12(15(18,19)20)4-11(9(6-23)7-24)25-14-10(16)3-2-8(5-21)13(14)17;1-16-9-11-7-13(14(19-2)8-12(11)10-16)17-6-4-3-5-15(17)18/h2-4,6-7,23H,5,21H2,1H3;7-8H,3-6,9-10H2,1-2H3/b9-6+,11-4+,22-12?;. The molecule has 2 aromatic carbocycles. The van der Waals surface area contributed by atoms with Gasteiger partial charge in [0.05, 0.1) is 34.7 Å². The van der Waals surface area contributed by atoms with Gasteiger partial charge in [-0.3, -0.25) is 19.5 Å². The van der Waals surface area contributed by atoms with E-state index < -0.39 is 11.1 Å². The first-order valence-electron chi connectivity index (χ1n) is 13.5. The van der Waals surface area contributed by atoms with E-state index in [1.807, 2.05) is 4.90 Å². The minimum atomic E-state index is -3.77. The molecule has 2 aliphatic heterocycles. The zero-order valence-electron chi connectivity index (χ0n) is 24.4. The Morgan fingerprint density at radius 1 is 1.23 bits per heavy atom. The number of thioether (sulfide) groups is 1. The smallest absolute Gasteiger partial charge is 0.364 e. The number of halogens is 5. The van der Waals surface area contributed by atoms with Crippen LogP contribution < -0.4 is 15.4 Å². The third-order valence-electron chi connectivity index (χ3n) is 6.91. The van der Waals surface area contributed by atoms with E-state index in [0.717, 1.165) is 68.8 Å². The van der Waals surface area contributed by atoms with Crippen LogP contribution in [0.25, 0.3) is 0 Å². The van der Waals surface area contributed by atoms with E-state index in [9.17, 15) is 23.5 Å². The first-order chi connectivity index (χ1) is 20.9. The van der Waals surface area contributed by atoms with Gasteiger partial charge in [-0.15, -0.1) is 0 Å². The third kappa shape index (κ3) is 8.74. The highest BCUT2D eigenvalue weighted by Crippen LogP contribution is 2.42. The number of allylic oxidation sites excluding steroid dienone is 2. The number of carbonyl (C=O) groups is 2. The van der Waals surface area contributed by atoms with Crippen LogP contribution in [0.15, 0.2) is 57.0 Å². The fourth-order valence-corrected chi connectivity index (χ4v) is 6.49. The van der Waals surface area contributed by atoms with Crippen molar-refractivity contribution < 1.29 is 28.2 Å². The number of benzene rings is 2. The molecule has 8 nitrogen and oxygen atoms in total. The Bertz CT molecular complexity index is 1480. The molecule has 2 aliphatic rings. The number of rotatable bonds is 9. The lowest BCUT2D eigenvalue weighted by atomic mass is 10.0. The molecule has 0 aliphatic carbocycles. The maximum absolute atomic E-state index is 13.4. The number of aliphatic hydroxyl groups excluding tert-OH is 1. The zero-order valence-corrected chi connectivity index (χ0v) is 27.5. The molecule has 0 saturated carbocycles. The van der Waals surface area contributed by atoms with Crippen LogP contribution in [0.5, 0.6) is 5.75 Å². The Balaban J connectivity index is 0.000000248. The summed E-state index contributed by atoms with van der Waals surface area (Å²) in [5.41, 5.74) is 8.64. The van der Waals surface area contributed by atoms with Crippen LogP contribution in [0, 0.1) is 0 Å². The zero-order chi connectivity index (χ0) is 32.6. The molecule has 0 atom stereocenters. The van der Waals surface area contributed by atoms with Crippen molar-refractivity contribution in [1.82, 2.24) is 4.90 Å². The van der Waals surface area contributed by atoms with Crippen LogP contribution >= 0.6 is 46.6 Å². The molecular weight excluding hydrogens is 657 g/mol. The second-order valence-electron chi connectivity index (χ2n) is 9.94. The van der Waals surface area contributed by atoms with Crippen molar-refractivity contribution in [2.75, 3.05) is 32.6 Å². The van der Waals surface area contributed by atoms with Crippen molar-refractivity contribution in [3.05, 3.63) is 73.8 Å². The second kappa shape index (κ2) is 16.1. The van der Waals surface area contributed by atoms with Crippen molar-refractivity contribution >= 4 is 70.2 Å². The number of aliphatic imine (C=N–C) groups is 1. The second-order valence-corrected chi connectivity index (χ2v) is 12.3. The predicted octanol–water partition coefficient (Wildman–Crippen LogP) is 7.13. The van der Waals surface area contributed by atoms with Gasteiger partial charge in [-0.05, 0) is 72.5 Å². The number of nitrogens with zero attached hydrogens (tertiary/aromatic N) is 3. The van der Waals surface area contributed by atoms with Gasteiger partial charge in [0, 0.05) is 49.4 Å². The lowest BCUT2D eigenvalue weighted by Gasteiger charge is -2.28.